The van der Waals surface area contributed by atoms with Crippen molar-refractivity contribution in [2.75, 3.05) is 20.7 Å². The number of imide groups is 1. The number of hydrogen-bond acceptors (Lipinski definition) is 6. The van der Waals surface area contributed by atoms with Crippen LogP contribution in [0.4, 0.5) is 4.79 Å². The van der Waals surface area contributed by atoms with Crippen LogP contribution in [0, 0.1) is 0 Å². The Morgan fingerprint density at radius 3 is 2.78 bits per heavy atom. The van der Waals surface area contributed by atoms with E-state index in [-0.39, 0.29) is 6.54 Å². The van der Waals surface area contributed by atoms with Gasteiger partial charge in [0.05, 0.1) is 13.7 Å². The maximum absolute atomic E-state index is 13.1. The van der Waals surface area contributed by atoms with Crippen LogP contribution in [0.1, 0.15) is 22.5 Å². The van der Waals surface area contributed by atoms with E-state index in [0.29, 0.717) is 24.4 Å². The Morgan fingerprint density at radius 1 is 1.22 bits per heavy atom. The number of nitrogens with one attached hydrogen (secondary N) is 3. The van der Waals surface area contributed by atoms with E-state index in [0.717, 1.165) is 33.5 Å². The van der Waals surface area contributed by atoms with Gasteiger partial charge >= 0.3 is 6.03 Å². The first-order valence-electron chi connectivity index (χ1n) is 10.4. The van der Waals surface area contributed by atoms with Crippen molar-refractivity contribution >= 4 is 28.6 Å². The SMILES string of the molecule is C=C1c2cc(OC)ccc2CN1C[C@@]1(c2cc3cc(CNC)ccc3o2)NC(=O)NC1=O. The molecular weight excluding hydrogens is 408 g/mol. The molecule has 1 aromatic heterocycles. The van der Waals surface area contributed by atoms with Gasteiger partial charge in [0, 0.05) is 29.7 Å². The molecule has 0 aliphatic carbocycles. The van der Waals surface area contributed by atoms with E-state index in [9.17, 15) is 9.59 Å². The van der Waals surface area contributed by atoms with Gasteiger partial charge in [0.2, 0.25) is 0 Å². The maximum atomic E-state index is 13.1. The molecule has 1 saturated heterocycles. The molecule has 164 valence electrons. The lowest BCUT2D eigenvalue weighted by atomic mass is 9.95. The molecule has 0 spiro atoms. The number of nitrogens with zero attached hydrogens (tertiary/aromatic N) is 1. The third-order valence-corrected chi connectivity index (χ3v) is 6.12. The summed E-state index contributed by atoms with van der Waals surface area (Å²) in [6.45, 7) is 5.69. The first kappa shape index (κ1) is 20.1. The van der Waals surface area contributed by atoms with Crippen molar-refractivity contribution in [1.29, 1.82) is 0 Å². The van der Waals surface area contributed by atoms with Crippen molar-refractivity contribution in [2.45, 2.75) is 18.6 Å². The van der Waals surface area contributed by atoms with Gasteiger partial charge in [-0.3, -0.25) is 10.1 Å². The predicted molar refractivity (Wildman–Crippen MR) is 120 cm³/mol. The van der Waals surface area contributed by atoms with Gasteiger partial charge in [0.15, 0.2) is 5.54 Å². The predicted octanol–water partition coefficient (Wildman–Crippen LogP) is 2.68. The number of fused-ring (bicyclic) bond motifs is 2. The first-order valence-corrected chi connectivity index (χ1v) is 10.4. The van der Waals surface area contributed by atoms with Gasteiger partial charge in [-0.1, -0.05) is 18.7 Å². The van der Waals surface area contributed by atoms with Crippen LogP contribution in [-0.4, -0.2) is 37.5 Å². The van der Waals surface area contributed by atoms with Gasteiger partial charge in [-0.2, -0.15) is 0 Å². The van der Waals surface area contributed by atoms with E-state index >= 15 is 0 Å². The Bertz CT molecular complexity index is 1260. The Morgan fingerprint density at radius 2 is 2.06 bits per heavy atom. The zero-order valence-corrected chi connectivity index (χ0v) is 18.0. The van der Waals surface area contributed by atoms with Gasteiger partial charge in [-0.15, -0.1) is 0 Å². The molecule has 1 fully saturated rings. The summed E-state index contributed by atoms with van der Waals surface area (Å²) in [6, 6.07) is 13.0. The molecule has 0 radical (unpaired) electrons. The molecule has 2 aromatic carbocycles. The van der Waals surface area contributed by atoms with Crippen LogP contribution in [0.5, 0.6) is 5.75 Å². The lowest BCUT2D eigenvalue weighted by Gasteiger charge is -2.30. The molecule has 5 rings (SSSR count). The lowest BCUT2D eigenvalue weighted by molar-refractivity contribution is -0.125. The number of hydrogen-bond donors (Lipinski definition) is 3. The molecule has 2 aliphatic heterocycles. The third-order valence-electron chi connectivity index (χ3n) is 6.12. The quantitative estimate of drug-likeness (QED) is 0.519. The standard InChI is InChI=1S/C24H24N4O4/c1-14-19-10-18(31-3)6-5-16(19)12-28(14)13-24(22(29)26-23(30)27-24)21-9-17-8-15(11-25-2)4-7-20(17)32-21/h4-10,25H,1,11-13H2,2-3H3,(H2,26,27,29,30)/t24-/m0/s1. The molecule has 3 N–H and O–H groups in total. The minimum Gasteiger partial charge on any atom is -0.497 e. The summed E-state index contributed by atoms with van der Waals surface area (Å²) in [5, 5.41) is 9.19. The number of methoxy groups -OCH3 is 1. The summed E-state index contributed by atoms with van der Waals surface area (Å²) >= 11 is 0. The van der Waals surface area contributed by atoms with Crippen molar-refractivity contribution in [3.05, 3.63) is 71.5 Å². The zero-order valence-electron chi connectivity index (χ0n) is 18.0. The van der Waals surface area contributed by atoms with Crippen molar-refractivity contribution in [3.63, 3.8) is 0 Å². The summed E-state index contributed by atoms with van der Waals surface area (Å²) in [5.41, 5.74) is 3.19. The molecule has 8 heteroatoms. The smallest absolute Gasteiger partial charge is 0.322 e. The molecule has 0 bridgehead atoms. The normalized spacial score (nSPS) is 19.9. The summed E-state index contributed by atoms with van der Waals surface area (Å²) in [6.07, 6.45) is 0. The Kier molecular flexibility index (Phi) is 4.67. The summed E-state index contributed by atoms with van der Waals surface area (Å²) < 4.78 is 11.4. The van der Waals surface area contributed by atoms with E-state index in [2.05, 4.69) is 22.5 Å². The molecule has 3 amide bonds. The highest BCUT2D eigenvalue weighted by Gasteiger charge is 2.52. The fourth-order valence-electron chi connectivity index (χ4n) is 4.47. The van der Waals surface area contributed by atoms with Gasteiger partial charge in [-0.05, 0) is 48.5 Å². The van der Waals surface area contributed by atoms with Crippen LogP contribution in [-0.2, 0) is 23.4 Å². The van der Waals surface area contributed by atoms with Crippen molar-refractivity contribution < 1.29 is 18.7 Å². The second-order valence-electron chi connectivity index (χ2n) is 8.15. The Hall–Kier alpha value is -3.78. The number of carbonyl (C=O) groups excluding carboxylic acids is 2. The third kappa shape index (κ3) is 3.11. The Labute approximate surface area is 185 Å². The van der Waals surface area contributed by atoms with Gasteiger partial charge in [-0.25, -0.2) is 4.79 Å². The fourth-order valence-corrected chi connectivity index (χ4v) is 4.47. The van der Waals surface area contributed by atoms with E-state index in [1.165, 1.54) is 0 Å². The minimum atomic E-state index is -1.37. The first-order chi connectivity index (χ1) is 15.4. The molecule has 2 aliphatic rings. The summed E-state index contributed by atoms with van der Waals surface area (Å²) in [7, 11) is 3.50. The maximum Gasteiger partial charge on any atom is 0.322 e. The number of carbonyl (C=O) groups is 2. The summed E-state index contributed by atoms with van der Waals surface area (Å²) in [4.78, 5) is 27.3. The summed E-state index contributed by atoms with van der Waals surface area (Å²) in [5.74, 6) is 0.681. The zero-order chi connectivity index (χ0) is 22.5. The van der Waals surface area contributed by atoms with Crippen LogP contribution in [0.15, 0.2) is 53.5 Å². The second kappa shape index (κ2) is 7.42. The molecule has 0 saturated carbocycles. The largest absolute Gasteiger partial charge is 0.497 e. The van der Waals surface area contributed by atoms with Crippen molar-refractivity contribution in [3.8, 4) is 5.75 Å². The van der Waals surface area contributed by atoms with Crippen LogP contribution in [0.2, 0.25) is 0 Å². The number of rotatable bonds is 6. The van der Waals surface area contributed by atoms with Crippen LogP contribution in [0.3, 0.4) is 0 Å². The van der Waals surface area contributed by atoms with E-state index in [1.54, 1.807) is 7.11 Å². The highest BCUT2D eigenvalue weighted by atomic mass is 16.5. The van der Waals surface area contributed by atoms with Crippen LogP contribution in [0.25, 0.3) is 16.7 Å². The fraction of sp³-hybridized carbons (Fsp3) is 0.250. The van der Waals surface area contributed by atoms with Gasteiger partial charge in [0.25, 0.3) is 5.91 Å². The molecular formula is C24H24N4O4. The average Bonchev–Trinajstić information content (AvgIpc) is 3.42. The molecule has 1 atom stereocenters. The number of benzene rings is 2. The minimum absolute atomic E-state index is 0.184. The van der Waals surface area contributed by atoms with Crippen molar-refractivity contribution in [2.24, 2.45) is 0 Å². The molecule has 3 heterocycles. The van der Waals surface area contributed by atoms with E-state index in [1.807, 2.05) is 54.4 Å². The monoisotopic (exact) mass is 432 g/mol. The lowest BCUT2D eigenvalue weighted by Crippen LogP contribution is -2.51. The van der Waals surface area contributed by atoms with Gasteiger partial charge in [0.1, 0.15) is 17.1 Å². The van der Waals surface area contributed by atoms with E-state index in [4.69, 9.17) is 9.15 Å². The number of ether oxygens (including phenoxy) is 1. The highest BCUT2D eigenvalue weighted by Crippen LogP contribution is 2.38. The average molecular weight is 432 g/mol. The topological polar surface area (TPSA) is 95.8 Å². The molecule has 0 unspecified atom stereocenters. The second-order valence-corrected chi connectivity index (χ2v) is 8.15. The van der Waals surface area contributed by atoms with E-state index < -0.39 is 17.5 Å². The molecule has 8 nitrogen and oxygen atoms in total. The number of furan rings is 1. The van der Waals surface area contributed by atoms with Crippen LogP contribution < -0.4 is 20.7 Å². The molecule has 3 aromatic rings. The van der Waals surface area contributed by atoms with Crippen molar-refractivity contribution in [1.82, 2.24) is 20.9 Å². The highest BCUT2D eigenvalue weighted by molar-refractivity contribution is 6.07. The number of urea groups is 1. The van der Waals surface area contributed by atoms with Gasteiger partial charge < -0.3 is 24.7 Å². The molecule has 32 heavy (non-hydrogen) atoms. The Balaban J connectivity index is 1.52. The number of amides is 3. The van der Waals surface area contributed by atoms with Crippen LogP contribution >= 0.6 is 0 Å².